The summed E-state index contributed by atoms with van der Waals surface area (Å²) in [4.78, 5) is 18.4. The van der Waals surface area contributed by atoms with Gasteiger partial charge in [0.05, 0.1) is 22.5 Å². The number of fused-ring (bicyclic) bond motifs is 1. The first-order valence-corrected chi connectivity index (χ1v) is 9.17. The van der Waals surface area contributed by atoms with E-state index in [0.717, 1.165) is 26.1 Å². The van der Waals surface area contributed by atoms with Crippen LogP contribution >= 0.6 is 34.7 Å². The van der Waals surface area contributed by atoms with Crippen molar-refractivity contribution in [2.75, 3.05) is 12.8 Å². The number of thiazole rings is 1. The Balaban J connectivity index is 1.58. The number of thioether (sulfide) groups is 1. The minimum absolute atomic E-state index is 0.0429. The zero-order valence-electron chi connectivity index (χ0n) is 12.7. The molecule has 0 aliphatic heterocycles. The van der Waals surface area contributed by atoms with Gasteiger partial charge in [0.2, 0.25) is 5.91 Å². The predicted octanol–water partition coefficient (Wildman–Crippen LogP) is 4.60. The number of hydrogen-bond acceptors (Lipinski definition) is 5. The van der Waals surface area contributed by atoms with Crippen molar-refractivity contribution in [3.8, 4) is 0 Å². The van der Waals surface area contributed by atoms with E-state index in [4.69, 9.17) is 16.0 Å². The molecule has 0 bridgehead atoms. The van der Waals surface area contributed by atoms with Gasteiger partial charge in [0, 0.05) is 12.1 Å². The van der Waals surface area contributed by atoms with E-state index in [2.05, 4.69) is 4.98 Å². The van der Waals surface area contributed by atoms with Crippen LogP contribution in [0.1, 0.15) is 11.5 Å². The van der Waals surface area contributed by atoms with E-state index in [1.54, 1.807) is 23.3 Å². The molecule has 3 rings (SSSR count). The Morgan fingerprint density at radius 1 is 1.39 bits per heavy atom. The van der Waals surface area contributed by atoms with E-state index < -0.39 is 0 Å². The Labute approximate surface area is 147 Å². The number of amides is 1. The second-order valence-electron chi connectivity index (χ2n) is 5.14. The molecule has 0 aliphatic rings. The molecule has 0 unspecified atom stereocenters. The second-order valence-corrected chi connectivity index (χ2v) is 7.83. The molecule has 23 heavy (non-hydrogen) atoms. The summed E-state index contributed by atoms with van der Waals surface area (Å²) in [6.45, 7) is 2.36. The lowest BCUT2D eigenvalue weighted by atomic mass is 10.3. The number of nitrogens with zero attached hydrogens (tertiary/aromatic N) is 2. The van der Waals surface area contributed by atoms with Gasteiger partial charge in [-0.25, -0.2) is 4.98 Å². The first-order chi connectivity index (χ1) is 11.0. The molecule has 0 radical (unpaired) electrons. The lowest BCUT2D eigenvalue weighted by Gasteiger charge is -2.14. The summed E-state index contributed by atoms with van der Waals surface area (Å²) in [6, 6.07) is 9.43. The van der Waals surface area contributed by atoms with E-state index in [9.17, 15) is 4.79 Å². The highest BCUT2D eigenvalue weighted by molar-refractivity contribution is 8.01. The Hall–Kier alpha value is -1.50. The second kappa shape index (κ2) is 6.95. The molecule has 120 valence electrons. The number of aromatic nitrogens is 1. The summed E-state index contributed by atoms with van der Waals surface area (Å²) in [7, 11) is 1.78. The summed E-state index contributed by atoms with van der Waals surface area (Å²) in [5.74, 6) is 2.03. The SMILES string of the molecule is Cc1ccc(CN(C)C(=O)CSc2nc3cc(Cl)ccc3s2)o1. The number of carbonyl (C=O) groups is 1. The Bertz CT molecular complexity index is 844. The Kier molecular flexibility index (Phi) is 4.94. The lowest BCUT2D eigenvalue weighted by Crippen LogP contribution is -2.27. The van der Waals surface area contributed by atoms with Crippen LogP contribution in [-0.2, 0) is 11.3 Å². The van der Waals surface area contributed by atoms with Gasteiger partial charge in [-0.05, 0) is 37.3 Å². The topological polar surface area (TPSA) is 46.3 Å². The van der Waals surface area contributed by atoms with Crippen molar-refractivity contribution >= 4 is 50.8 Å². The molecule has 2 aromatic heterocycles. The van der Waals surface area contributed by atoms with Crippen molar-refractivity contribution in [3.63, 3.8) is 0 Å². The highest BCUT2D eigenvalue weighted by atomic mass is 35.5. The smallest absolute Gasteiger partial charge is 0.233 e. The molecule has 0 saturated carbocycles. The number of halogens is 1. The quantitative estimate of drug-likeness (QED) is 0.619. The van der Waals surface area contributed by atoms with Gasteiger partial charge in [-0.3, -0.25) is 4.79 Å². The summed E-state index contributed by atoms with van der Waals surface area (Å²) >= 11 is 8.98. The van der Waals surface area contributed by atoms with Crippen molar-refractivity contribution in [2.24, 2.45) is 0 Å². The first kappa shape index (κ1) is 16.4. The zero-order valence-corrected chi connectivity index (χ0v) is 15.1. The normalized spacial score (nSPS) is 11.1. The van der Waals surface area contributed by atoms with Crippen LogP contribution in [-0.4, -0.2) is 28.6 Å². The minimum Gasteiger partial charge on any atom is -0.464 e. The maximum Gasteiger partial charge on any atom is 0.233 e. The van der Waals surface area contributed by atoms with Gasteiger partial charge in [-0.2, -0.15) is 0 Å². The van der Waals surface area contributed by atoms with Gasteiger partial charge in [-0.15, -0.1) is 11.3 Å². The summed E-state index contributed by atoms with van der Waals surface area (Å²) in [6.07, 6.45) is 0. The fraction of sp³-hybridized carbons (Fsp3) is 0.250. The van der Waals surface area contributed by atoms with E-state index in [1.165, 1.54) is 11.8 Å². The fourth-order valence-corrected chi connectivity index (χ4v) is 4.22. The average molecular weight is 367 g/mol. The fourth-order valence-electron chi connectivity index (χ4n) is 2.07. The standard InChI is InChI=1S/C16H15ClN2O2S2/c1-10-3-5-12(21-10)8-19(2)15(20)9-22-16-18-13-7-11(17)4-6-14(13)23-16/h3-7H,8-9H2,1-2H3. The zero-order chi connectivity index (χ0) is 16.4. The number of furan rings is 1. The van der Waals surface area contributed by atoms with Crippen LogP contribution in [0.15, 0.2) is 39.1 Å². The summed E-state index contributed by atoms with van der Waals surface area (Å²) in [5.41, 5.74) is 0.872. The molecule has 0 N–H and O–H groups in total. The van der Waals surface area contributed by atoms with E-state index in [0.29, 0.717) is 17.3 Å². The van der Waals surface area contributed by atoms with E-state index >= 15 is 0 Å². The Morgan fingerprint density at radius 2 is 2.22 bits per heavy atom. The summed E-state index contributed by atoms with van der Waals surface area (Å²) < 4.78 is 7.44. The number of benzene rings is 1. The van der Waals surface area contributed by atoms with Gasteiger partial charge < -0.3 is 9.32 Å². The van der Waals surface area contributed by atoms with Crippen LogP contribution in [0.4, 0.5) is 0 Å². The third-order valence-corrected chi connectivity index (χ3v) is 5.66. The maximum atomic E-state index is 12.2. The lowest BCUT2D eigenvalue weighted by molar-refractivity contribution is -0.127. The molecule has 3 aromatic rings. The van der Waals surface area contributed by atoms with Crippen molar-refractivity contribution < 1.29 is 9.21 Å². The molecule has 0 aliphatic carbocycles. The molecule has 0 fully saturated rings. The van der Waals surface area contributed by atoms with E-state index in [1.807, 2.05) is 37.3 Å². The van der Waals surface area contributed by atoms with Crippen LogP contribution in [0, 0.1) is 6.92 Å². The molecular formula is C16H15ClN2O2S2. The van der Waals surface area contributed by atoms with Gasteiger partial charge in [0.15, 0.2) is 4.34 Å². The van der Waals surface area contributed by atoms with Crippen molar-refractivity contribution in [2.45, 2.75) is 17.8 Å². The van der Waals surface area contributed by atoms with Gasteiger partial charge in [0.25, 0.3) is 0 Å². The molecular weight excluding hydrogens is 352 g/mol. The molecule has 0 atom stereocenters. The monoisotopic (exact) mass is 366 g/mol. The summed E-state index contributed by atoms with van der Waals surface area (Å²) in [5, 5.41) is 0.670. The predicted molar refractivity (Wildman–Crippen MR) is 95.3 cm³/mol. The molecule has 1 aromatic carbocycles. The van der Waals surface area contributed by atoms with Crippen LogP contribution in [0.3, 0.4) is 0 Å². The molecule has 0 saturated heterocycles. The number of hydrogen-bond donors (Lipinski definition) is 0. The Morgan fingerprint density at radius 3 is 2.96 bits per heavy atom. The average Bonchev–Trinajstić information content (AvgIpc) is 3.10. The van der Waals surface area contributed by atoms with Crippen molar-refractivity contribution in [3.05, 3.63) is 46.9 Å². The molecule has 2 heterocycles. The van der Waals surface area contributed by atoms with Gasteiger partial charge in [0.1, 0.15) is 11.5 Å². The molecule has 7 heteroatoms. The third-order valence-electron chi connectivity index (χ3n) is 3.26. The van der Waals surface area contributed by atoms with Crippen LogP contribution < -0.4 is 0 Å². The number of carbonyl (C=O) groups excluding carboxylic acids is 1. The minimum atomic E-state index is 0.0429. The number of aryl methyl sites for hydroxylation is 1. The largest absolute Gasteiger partial charge is 0.464 e. The van der Waals surface area contributed by atoms with E-state index in [-0.39, 0.29) is 5.91 Å². The van der Waals surface area contributed by atoms with Crippen molar-refractivity contribution in [1.82, 2.24) is 9.88 Å². The third kappa shape index (κ3) is 4.07. The molecule has 4 nitrogen and oxygen atoms in total. The van der Waals surface area contributed by atoms with Crippen molar-refractivity contribution in [1.29, 1.82) is 0 Å². The van der Waals surface area contributed by atoms with Gasteiger partial charge >= 0.3 is 0 Å². The van der Waals surface area contributed by atoms with Gasteiger partial charge in [-0.1, -0.05) is 23.4 Å². The highest BCUT2D eigenvalue weighted by Crippen LogP contribution is 2.31. The highest BCUT2D eigenvalue weighted by Gasteiger charge is 2.13. The van der Waals surface area contributed by atoms with Crippen LogP contribution in [0.5, 0.6) is 0 Å². The molecule has 0 spiro atoms. The van der Waals surface area contributed by atoms with Crippen LogP contribution in [0.2, 0.25) is 5.02 Å². The number of rotatable bonds is 5. The van der Waals surface area contributed by atoms with Crippen LogP contribution in [0.25, 0.3) is 10.2 Å². The molecule has 1 amide bonds. The first-order valence-electron chi connectivity index (χ1n) is 6.99. The maximum absolute atomic E-state index is 12.2.